The molecule has 0 aliphatic heterocycles. The predicted molar refractivity (Wildman–Crippen MR) is 77.5 cm³/mol. The molecule has 0 aliphatic carbocycles. The molecule has 0 bridgehead atoms. The molecule has 0 fully saturated rings. The second-order valence-electron chi connectivity index (χ2n) is 5.25. The van der Waals surface area contributed by atoms with Crippen LogP contribution in [0.25, 0.3) is 22.4 Å². The summed E-state index contributed by atoms with van der Waals surface area (Å²) in [6.45, 7) is 10.3. The molecule has 0 saturated carbocycles. The van der Waals surface area contributed by atoms with Crippen molar-refractivity contribution >= 4 is 11.0 Å². The van der Waals surface area contributed by atoms with Crippen LogP contribution in [0.5, 0.6) is 0 Å². The highest BCUT2D eigenvalue weighted by atomic mass is 16.3. The van der Waals surface area contributed by atoms with Crippen molar-refractivity contribution in [2.24, 2.45) is 0 Å². The SMILES string of the molecule is Cc1cc2nc(-c3c(C)oc(C)c3C)[nH]c2cc1C. The van der Waals surface area contributed by atoms with Crippen LogP contribution in [0.15, 0.2) is 16.5 Å². The number of furan rings is 1. The fourth-order valence-corrected chi connectivity index (χ4v) is 2.53. The molecule has 0 radical (unpaired) electrons. The quantitative estimate of drug-likeness (QED) is 0.700. The highest BCUT2D eigenvalue weighted by Gasteiger charge is 2.16. The molecule has 3 heteroatoms. The van der Waals surface area contributed by atoms with Crippen molar-refractivity contribution in [2.45, 2.75) is 34.6 Å². The molecule has 3 rings (SSSR count). The van der Waals surface area contributed by atoms with Gasteiger partial charge in [-0.15, -0.1) is 0 Å². The van der Waals surface area contributed by atoms with E-state index in [0.717, 1.165) is 39.5 Å². The summed E-state index contributed by atoms with van der Waals surface area (Å²) in [5, 5.41) is 0. The van der Waals surface area contributed by atoms with Gasteiger partial charge in [0.05, 0.1) is 16.6 Å². The van der Waals surface area contributed by atoms with Gasteiger partial charge in [-0.25, -0.2) is 4.98 Å². The third kappa shape index (κ3) is 1.77. The molecule has 0 amide bonds. The first kappa shape index (κ1) is 12.0. The molecule has 3 nitrogen and oxygen atoms in total. The van der Waals surface area contributed by atoms with Crippen molar-refractivity contribution in [3.63, 3.8) is 0 Å². The van der Waals surface area contributed by atoms with Crippen molar-refractivity contribution in [3.8, 4) is 11.4 Å². The molecule has 2 heterocycles. The van der Waals surface area contributed by atoms with Crippen LogP contribution in [0.3, 0.4) is 0 Å². The van der Waals surface area contributed by atoms with E-state index in [1.807, 2.05) is 13.8 Å². The second-order valence-corrected chi connectivity index (χ2v) is 5.25. The van der Waals surface area contributed by atoms with Crippen molar-refractivity contribution < 1.29 is 4.42 Å². The summed E-state index contributed by atoms with van der Waals surface area (Å²) in [5.41, 5.74) is 6.88. The lowest BCUT2D eigenvalue weighted by molar-refractivity contribution is 0.503. The van der Waals surface area contributed by atoms with Gasteiger partial charge < -0.3 is 9.40 Å². The number of fused-ring (bicyclic) bond motifs is 1. The Morgan fingerprint density at radius 2 is 1.63 bits per heavy atom. The largest absolute Gasteiger partial charge is 0.466 e. The first-order chi connectivity index (χ1) is 8.97. The smallest absolute Gasteiger partial charge is 0.142 e. The lowest BCUT2D eigenvalue weighted by Gasteiger charge is -1.97. The number of benzene rings is 1. The average molecular weight is 254 g/mol. The topological polar surface area (TPSA) is 41.8 Å². The van der Waals surface area contributed by atoms with E-state index < -0.39 is 0 Å². The number of aromatic nitrogens is 2. The van der Waals surface area contributed by atoms with Crippen molar-refractivity contribution in [2.75, 3.05) is 0 Å². The Labute approximate surface area is 112 Å². The maximum absolute atomic E-state index is 5.68. The highest BCUT2D eigenvalue weighted by Crippen LogP contribution is 2.31. The minimum atomic E-state index is 0.895. The average Bonchev–Trinajstić information content (AvgIpc) is 2.82. The second kappa shape index (κ2) is 3.98. The van der Waals surface area contributed by atoms with Crippen LogP contribution in [0.2, 0.25) is 0 Å². The summed E-state index contributed by atoms with van der Waals surface area (Å²) in [6.07, 6.45) is 0. The standard InChI is InChI=1S/C16H18N2O/c1-8-6-13-14(7-9(8)2)18-16(17-13)15-10(3)11(4)19-12(15)5/h6-7H,1-5H3,(H,17,18). The molecule has 98 valence electrons. The van der Waals surface area contributed by atoms with Gasteiger partial charge in [0, 0.05) is 5.56 Å². The van der Waals surface area contributed by atoms with Gasteiger partial charge in [0.15, 0.2) is 0 Å². The summed E-state index contributed by atoms with van der Waals surface area (Å²) in [5.74, 6) is 2.77. The molecule has 1 N–H and O–H groups in total. The number of aryl methyl sites for hydroxylation is 4. The number of hydrogen-bond acceptors (Lipinski definition) is 2. The number of H-pyrrole nitrogens is 1. The predicted octanol–water partition coefficient (Wildman–Crippen LogP) is 4.37. The molecule has 19 heavy (non-hydrogen) atoms. The zero-order valence-corrected chi connectivity index (χ0v) is 12.0. The van der Waals surface area contributed by atoms with Crippen LogP contribution < -0.4 is 0 Å². The number of nitrogens with zero attached hydrogens (tertiary/aromatic N) is 1. The molecule has 1 aromatic carbocycles. The number of nitrogens with one attached hydrogen (secondary N) is 1. The Bertz CT molecular complexity index is 739. The van der Waals surface area contributed by atoms with E-state index in [1.54, 1.807) is 0 Å². The van der Waals surface area contributed by atoms with E-state index in [2.05, 4.69) is 37.9 Å². The molecule has 0 atom stereocenters. The summed E-state index contributed by atoms with van der Waals surface area (Å²) >= 11 is 0. The molecule has 0 spiro atoms. The summed E-state index contributed by atoms with van der Waals surface area (Å²) in [6, 6.07) is 4.28. The molecular formula is C16H18N2O. The normalized spacial score (nSPS) is 11.4. The van der Waals surface area contributed by atoms with Gasteiger partial charge in [-0.2, -0.15) is 0 Å². The molecular weight excluding hydrogens is 236 g/mol. The van der Waals surface area contributed by atoms with Gasteiger partial charge in [-0.3, -0.25) is 0 Å². The molecule has 0 saturated heterocycles. The van der Waals surface area contributed by atoms with Gasteiger partial charge >= 0.3 is 0 Å². The van der Waals surface area contributed by atoms with E-state index in [4.69, 9.17) is 9.40 Å². The van der Waals surface area contributed by atoms with Gasteiger partial charge in [-0.05, 0) is 57.9 Å². The lowest BCUT2D eigenvalue weighted by Crippen LogP contribution is -1.83. The van der Waals surface area contributed by atoms with Crippen LogP contribution in [-0.4, -0.2) is 9.97 Å². The first-order valence-electron chi connectivity index (χ1n) is 6.51. The fraction of sp³-hybridized carbons (Fsp3) is 0.312. The van der Waals surface area contributed by atoms with E-state index in [9.17, 15) is 0 Å². The number of imidazole rings is 1. The molecule has 0 unspecified atom stereocenters. The Balaban J connectivity index is 2.26. The Morgan fingerprint density at radius 1 is 0.947 bits per heavy atom. The zero-order valence-electron chi connectivity index (χ0n) is 12.0. The Hall–Kier alpha value is -2.03. The van der Waals surface area contributed by atoms with Gasteiger partial charge in [0.25, 0.3) is 0 Å². The minimum Gasteiger partial charge on any atom is -0.466 e. The molecule has 3 aromatic rings. The summed E-state index contributed by atoms with van der Waals surface area (Å²) < 4.78 is 5.68. The summed E-state index contributed by atoms with van der Waals surface area (Å²) in [7, 11) is 0. The Kier molecular flexibility index (Phi) is 2.52. The lowest BCUT2D eigenvalue weighted by atomic mass is 10.1. The van der Waals surface area contributed by atoms with E-state index in [-0.39, 0.29) is 0 Å². The number of aromatic amines is 1. The maximum atomic E-state index is 5.68. The summed E-state index contributed by atoms with van der Waals surface area (Å²) in [4.78, 5) is 8.11. The minimum absolute atomic E-state index is 0.895. The third-order valence-corrected chi connectivity index (χ3v) is 3.90. The first-order valence-corrected chi connectivity index (χ1v) is 6.51. The number of rotatable bonds is 1. The van der Waals surface area contributed by atoms with E-state index in [0.29, 0.717) is 0 Å². The van der Waals surface area contributed by atoms with Crippen LogP contribution >= 0.6 is 0 Å². The van der Waals surface area contributed by atoms with Crippen molar-refractivity contribution in [1.29, 1.82) is 0 Å². The van der Waals surface area contributed by atoms with Gasteiger partial charge in [0.1, 0.15) is 17.3 Å². The van der Waals surface area contributed by atoms with Crippen molar-refractivity contribution in [3.05, 3.63) is 40.3 Å². The molecule has 0 aliphatic rings. The van der Waals surface area contributed by atoms with Crippen molar-refractivity contribution in [1.82, 2.24) is 9.97 Å². The zero-order chi connectivity index (χ0) is 13.7. The van der Waals surface area contributed by atoms with Crippen LogP contribution in [-0.2, 0) is 0 Å². The van der Waals surface area contributed by atoms with Crippen LogP contribution in [0.4, 0.5) is 0 Å². The monoisotopic (exact) mass is 254 g/mol. The number of hydrogen-bond donors (Lipinski definition) is 1. The highest BCUT2D eigenvalue weighted by molar-refractivity contribution is 5.82. The van der Waals surface area contributed by atoms with E-state index in [1.165, 1.54) is 11.1 Å². The molecule has 2 aromatic heterocycles. The maximum Gasteiger partial charge on any atom is 0.142 e. The van der Waals surface area contributed by atoms with Gasteiger partial charge in [-0.1, -0.05) is 0 Å². The van der Waals surface area contributed by atoms with Gasteiger partial charge in [0.2, 0.25) is 0 Å². The van der Waals surface area contributed by atoms with E-state index >= 15 is 0 Å². The third-order valence-electron chi connectivity index (χ3n) is 3.90. The Morgan fingerprint density at radius 3 is 2.26 bits per heavy atom. The van der Waals surface area contributed by atoms with Crippen LogP contribution in [0, 0.1) is 34.6 Å². The van der Waals surface area contributed by atoms with Crippen LogP contribution in [0.1, 0.15) is 28.2 Å². The fourth-order valence-electron chi connectivity index (χ4n) is 2.53.